The fourth-order valence-electron chi connectivity index (χ4n) is 4.89. The number of imide groups is 1. The lowest BCUT2D eigenvalue weighted by Gasteiger charge is -2.41. The number of carbonyl (C=O) groups is 4. The Morgan fingerprint density at radius 3 is 2.60 bits per heavy atom. The molecule has 1 aromatic carbocycles. The van der Waals surface area contributed by atoms with Crippen LogP contribution < -0.4 is 10.2 Å². The van der Waals surface area contributed by atoms with E-state index in [1.807, 2.05) is 45.9 Å². The summed E-state index contributed by atoms with van der Waals surface area (Å²) in [6.07, 6.45) is 0.466. The van der Waals surface area contributed by atoms with Gasteiger partial charge in [0, 0.05) is 50.6 Å². The molecule has 0 radical (unpaired) electrons. The van der Waals surface area contributed by atoms with Crippen molar-refractivity contribution in [2.24, 2.45) is 13.0 Å². The monoisotopic (exact) mass is 483 g/mol. The molecule has 10 nitrogen and oxygen atoms in total. The SMILES string of the molecule is C[C@H]1CN(c2ccc3c(C4CCC(=O)NC4=O)nn(C)c3c2)C(=O)C[C@H]1N(C)C(=O)OC(C)(C)C. The minimum absolute atomic E-state index is 0.0338. The van der Waals surface area contributed by atoms with E-state index >= 15 is 0 Å². The minimum Gasteiger partial charge on any atom is -0.444 e. The number of hydrogen-bond donors (Lipinski definition) is 1. The third kappa shape index (κ3) is 4.87. The van der Waals surface area contributed by atoms with Crippen molar-refractivity contribution in [1.82, 2.24) is 20.0 Å². The van der Waals surface area contributed by atoms with Gasteiger partial charge in [-0.1, -0.05) is 6.92 Å². The molecular weight excluding hydrogens is 450 g/mol. The van der Waals surface area contributed by atoms with Gasteiger partial charge in [-0.25, -0.2) is 4.79 Å². The number of nitrogens with one attached hydrogen (secondary N) is 1. The van der Waals surface area contributed by atoms with Crippen LogP contribution in [0.5, 0.6) is 0 Å². The standard InChI is InChI=1S/C25H33N5O5/c1-14-13-30(21(32)12-18(14)28(5)24(34)35-25(2,3)4)15-7-8-16-19(11-15)29(6)27-22(16)17-9-10-20(31)26-23(17)33/h7-8,11,14,17-18H,9-10,12-13H2,1-6H3,(H,26,31,33)/t14-,17?,18+/m0/s1. The zero-order chi connectivity index (χ0) is 25.7. The summed E-state index contributed by atoms with van der Waals surface area (Å²) < 4.78 is 7.18. The summed E-state index contributed by atoms with van der Waals surface area (Å²) in [5.41, 5.74) is 1.57. The zero-order valence-corrected chi connectivity index (χ0v) is 21.1. The zero-order valence-electron chi connectivity index (χ0n) is 21.1. The number of piperidine rings is 2. The molecule has 4 rings (SSSR count). The van der Waals surface area contributed by atoms with Crippen LogP contribution in [0.1, 0.15) is 58.6 Å². The number of rotatable bonds is 3. The lowest BCUT2D eigenvalue weighted by molar-refractivity contribution is -0.134. The van der Waals surface area contributed by atoms with Crippen LogP contribution in [0.2, 0.25) is 0 Å². The Labute approximate surface area is 204 Å². The molecule has 4 amide bonds. The molecule has 1 N–H and O–H groups in total. The predicted octanol–water partition coefficient (Wildman–Crippen LogP) is 2.70. The van der Waals surface area contributed by atoms with E-state index in [0.29, 0.717) is 18.7 Å². The number of carbonyl (C=O) groups excluding carboxylic acids is 4. The molecule has 1 unspecified atom stereocenters. The Kier molecular flexibility index (Phi) is 6.33. The van der Waals surface area contributed by atoms with E-state index < -0.39 is 17.6 Å². The van der Waals surface area contributed by atoms with Crippen LogP contribution in [0.25, 0.3) is 10.9 Å². The molecule has 2 saturated heterocycles. The summed E-state index contributed by atoms with van der Waals surface area (Å²) in [5.74, 6) is -1.11. The number of hydrogen-bond acceptors (Lipinski definition) is 6. The molecule has 35 heavy (non-hydrogen) atoms. The van der Waals surface area contributed by atoms with Gasteiger partial charge in [-0.05, 0) is 51.3 Å². The van der Waals surface area contributed by atoms with Crippen LogP contribution >= 0.6 is 0 Å². The molecule has 1 aromatic heterocycles. The average Bonchev–Trinajstić information content (AvgIpc) is 3.09. The van der Waals surface area contributed by atoms with Gasteiger partial charge in [0.05, 0.1) is 17.1 Å². The highest BCUT2D eigenvalue weighted by Gasteiger charge is 2.38. The molecular formula is C25H33N5O5. The predicted molar refractivity (Wildman–Crippen MR) is 130 cm³/mol. The molecule has 0 aliphatic carbocycles. The second-order valence-corrected chi connectivity index (χ2v) is 10.6. The van der Waals surface area contributed by atoms with E-state index in [4.69, 9.17) is 4.74 Å². The first kappa shape index (κ1) is 24.7. The normalized spacial score (nSPS) is 23.4. The summed E-state index contributed by atoms with van der Waals surface area (Å²) in [6, 6.07) is 5.39. The third-order valence-corrected chi connectivity index (χ3v) is 6.74. The lowest BCUT2D eigenvalue weighted by atomic mass is 9.91. The van der Waals surface area contributed by atoms with E-state index in [-0.39, 0.29) is 42.5 Å². The van der Waals surface area contributed by atoms with Gasteiger partial charge in [-0.2, -0.15) is 5.10 Å². The lowest BCUT2D eigenvalue weighted by Crippen LogP contribution is -2.54. The van der Waals surface area contributed by atoms with Gasteiger partial charge in [0.15, 0.2) is 0 Å². The highest BCUT2D eigenvalue weighted by atomic mass is 16.6. The maximum atomic E-state index is 13.2. The highest BCUT2D eigenvalue weighted by Crippen LogP contribution is 2.34. The fraction of sp³-hybridized carbons (Fsp3) is 0.560. The van der Waals surface area contributed by atoms with Crippen molar-refractivity contribution in [3.8, 4) is 0 Å². The molecule has 2 aromatic rings. The average molecular weight is 484 g/mol. The summed E-state index contributed by atoms with van der Waals surface area (Å²) in [7, 11) is 3.48. The van der Waals surface area contributed by atoms with Crippen LogP contribution in [-0.4, -0.2) is 63.7 Å². The van der Waals surface area contributed by atoms with Crippen molar-refractivity contribution >= 4 is 40.4 Å². The number of anilines is 1. The highest BCUT2D eigenvalue weighted by molar-refractivity contribution is 6.03. The molecule has 3 atom stereocenters. The molecule has 2 aliphatic rings. The van der Waals surface area contributed by atoms with Crippen molar-refractivity contribution in [3.63, 3.8) is 0 Å². The molecule has 10 heteroatoms. The van der Waals surface area contributed by atoms with E-state index in [9.17, 15) is 19.2 Å². The van der Waals surface area contributed by atoms with Gasteiger partial charge in [-0.3, -0.25) is 24.4 Å². The number of ether oxygens (including phenoxy) is 1. The van der Waals surface area contributed by atoms with Crippen LogP contribution in [0.4, 0.5) is 10.5 Å². The minimum atomic E-state index is -0.607. The molecule has 188 valence electrons. The quantitative estimate of drug-likeness (QED) is 0.672. The van der Waals surface area contributed by atoms with Crippen molar-refractivity contribution in [2.45, 2.75) is 64.5 Å². The van der Waals surface area contributed by atoms with E-state index in [2.05, 4.69) is 10.4 Å². The maximum Gasteiger partial charge on any atom is 0.410 e. The van der Waals surface area contributed by atoms with Gasteiger partial charge in [-0.15, -0.1) is 0 Å². The van der Waals surface area contributed by atoms with Crippen LogP contribution in [0.15, 0.2) is 18.2 Å². The summed E-state index contributed by atoms with van der Waals surface area (Å²) >= 11 is 0. The summed E-state index contributed by atoms with van der Waals surface area (Å²) in [5, 5.41) is 7.79. The van der Waals surface area contributed by atoms with Gasteiger partial charge in [0.25, 0.3) is 0 Å². The van der Waals surface area contributed by atoms with Gasteiger partial charge in [0.2, 0.25) is 17.7 Å². The summed E-state index contributed by atoms with van der Waals surface area (Å²) in [6.45, 7) is 7.93. The number of aryl methyl sites for hydroxylation is 1. The topological polar surface area (TPSA) is 114 Å². The first-order chi connectivity index (χ1) is 16.4. The van der Waals surface area contributed by atoms with Gasteiger partial charge >= 0.3 is 6.09 Å². The van der Waals surface area contributed by atoms with Crippen molar-refractivity contribution < 1.29 is 23.9 Å². The second-order valence-electron chi connectivity index (χ2n) is 10.6. The molecule has 3 heterocycles. The van der Waals surface area contributed by atoms with Crippen LogP contribution in [0.3, 0.4) is 0 Å². The summed E-state index contributed by atoms with van der Waals surface area (Å²) in [4.78, 5) is 52.9. The molecule has 0 bridgehead atoms. The van der Waals surface area contributed by atoms with Crippen molar-refractivity contribution in [2.75, 3.05) is 18.5 Å². The maximum absolute atomic E-state index is 13.2. The molecule has 2 fully saturated rings. The number of fused-ring (bicyclic) bond motifs is 1. The van der Waals surface area contributed by atoms with Crippen LogP contribution in [-0.2, 0) is 26.2 Å². The fourth-order valence-corrected chi connectivity index (χ4v) is 4.89. The third-order valence-electron chi connectivity index (χ3n) is 6.74. The van der Waals surface area contributed by atoms with E-state index in [0.717, 1.165) is 16.6 Å². The molecule has 2 aliphatic heterocycles. The Hall–Kier alpha value is -3.43. The van der Waals surface area contributed by atoms with Crippen LogP contribution in [0, 0.1) is 5.92 Å². The molecule has 0 spiro atoms. The largest absolute Gasteiger partial charge is 0.444 e. The smallest absolute Gasteiger partial charge is 0.410 e. The van der Waals surface area contributed by atoms with E-state index in [1.165, 1.54) is 4.90 Å². The first-order valence-corrected chi connectivity index (χ1v) is 11.9. The van der Waals surface area contributed by atoms with Crippen molar-refractivity contribution in [3.05, 3.63) is 23.9 Å². The molecule has 0 saturated carbocycles. The van der Waals surface area contributed by atoms with Gasteiger partial charge < -0.3 is 14.5 Å². The Morgan fingerprint density at radius 1 is 1.23 bits per heavy atom. The second kappa shape index (κ2) is 8.98. The Balaban J connectivity index is 1.55. The number of aromatic nitrogens is 2. The Bertz CT molecular complexity index is 1200. The first-order valence-electron chi connectivity index (χ1n) is 11.9. The van der Waals surface area contributed by atoms with E-state index in [1.54, 1.807) is 23.7 Å². The number of nitrogens with zero attached hydrogens (tertiary/aromatic N) is 4. The van der Waals surface area contributed by atoms with Crippen molar-refractivity contribution in [1.29, 1.82) is 0 Å². The number of benzene rings is 1. The Morgan fingerprint density at radius 2 is 1.94 bits per heavy atom. The number of amides is 4. The van der Waals surface area contributed by atoms with Gasteiger partial charge in [0.1, 0.15) is 5.60 Å².